The third-order valence-electron chi connectivity index (χ3n) is 5.72. The summed E-state index contributed by atoms with van der Waals surface area (Å²) in [5.74, 6) is 4.67. The quantitative estimate of drug-likeness (QED) is 0.620. The molecule has 2 aliphatic heterocycles. The van der Waals surface area contributed by atoms with Crippen LogP contribution in [0.1, 0.15) is 39.9 Å². The summed E-state index contributed by atoms with van der Waals surface area (Å²) in [6, 6.07) is 11.7. The molecule has 1 fully saturated rings. The van der Waals surface area contributed by atoms with Gasteiger partial charge in [0.05, 0.1) is 11.6 Å². The van der Waals surface area contributed by atoms with Gasteiger partial charge in [-0.25, -0.2) is 19.2 Å². The first-order chi connectivity index (χ1) is 15.5. The van der Waals surface area contributed by atoms with Crippen molar-refractivity contribution in [2.45, 2.75) is 32.0 Å². The number of hydrogen-bond donors (Lipinski definition) is 3. The van der Waals surface area contributed by atoms with Crippen LogP contribution < -0.4 is 10.6 Å². The Balaban J connectivity index is 1.57. The Labute approximate surface area is 183 Å². The molecule has 2 aliphatic rings. The van der Waals surface area contributed by atoms with Gasteiger partial charge < -0.3 is 20.6 Å². The van der Waals surface area contributed by atoms with Crippen LogP contribution in [0.15, 0.2) is 53.9 Å². The summed E-state index contributed by atoms with van der Waals surface area (Å²) >= 11 is 0. The van der Waals surface area contributed by atoms with E-state index in [1.807, 2.05) is 30.1 Å². The highest BCUT2D eigenvalue weighted by molar-refractivity contribution is 5.92. The maximum absolute atomic E-state index is 11.8. The van der Waals surface area contributed by atoms with Crippen molar-refractivity contribution < 1.29 is 24.3 Å². The van der Waals surface area contributed by atoms with E-state index >= 15 is 0 Å². The molecule has 32 heavy (non-hydrogen) atoms. The van der Waals surface area contributed by atoms with Crippen LogP contribution in [-0.2, 0) is 27.5 Å². The van der Waals surface area contributed by atoms with E-state index in [-0.39, 0.29) is 11.3 Å². The first-order valence-corrected chi connectivity index (χ1v) is 10.0. The van der Waals surface area contributed by atoms with E-state index in [0.717, 1.165) is 22.4 Å². The molecule has 2 aromatic carbocycles. The summed E-state index contributed by atoms with van der Waals surface area (Å²) in [6.45, 7) is 0.854. The van der Waals surface area contributed by atoms with Crippen molar-refractivity contribution in [1.82, 2.24) is 10.2 Å². The summed E-state index contributed by atoms with van der Waals surface area (Å²) in [7, 11) is 0. The van der Waals surface area contributed by atoms with Gasteiger partial charge in [0.2, 0.25) is 0 Å². The molecule has 2 heterocycles. The van der Waals surface area contributed by atoms with Gasteiger partial charge >= 0.3 is 5.97 Å². The standard InChI is InChI=1S/C24H19N3O5/c28-12-17-8-9-22(21(13-29)26-17)27-11-19-18(23(27)14-30)2-1-3-20(19)25-10-15-4-6-16(7-5-15)24(31)32/h1-7,22,25-26H,8-11H2,(H,31,32). The monoisotopic (exact) mass is 429 g/mol. The number of carboxylic acids is 1. The number of benzene rings is 2. The molecule has 8 nitrogen and oxygen atoms in total. The van der Waals surface area contributed by atoms with Gasteiger partial charge in [0, 0.05) is 36.3 Å². The minimum Gasteiger partial charge on any atom is -0.478 e. The molecule has 4 rings (SSSR count). The minimum absolute atomic E-state index is 0.197. The predicted octanol–water partition coefficient (Wildman–Crippen LogP) is 2.17. The van der Waals surface area contributed by atoms with E-state index in [9.17, 15) is 19.2 Å². The molecule has 0 spiro atoms. The van der Waals surface area contributed by atoms with E-state index < -0.39 is 12.0 Å². The number of carbonyl (C=O) groups excluding carboxylic acids is 3. The molecule has 1 saturated heterocycles. The second kappa shape index (κ2) is 8.80. The zero-order valence-corrected chi connectivity index (χ0v) is 17.0. The Morgan fingerprint density at radius 3 is 2.53 bits per heavy atom. The normalized spacial score (nSPS) is 17.1. The zero-order chi connectivity index (χ0) is 22.7. The lowest BCUT2D eigenvalue weighted by molar-refractivity contribution is 0.0697. The van der Waals surface area contributed by atoms with E-state index in [4.69, 9.17) is 5.11 Å². The van der Waals surface area contributed by atoms with Crippen LogP contribution >= 0.6 is 0 Å². The first kappa shape index (κ1) is 20.9. The van der Waals surface area contributed by atoms with Crippen LogP contribution in [0.5, 0.6) is 0 Å². The topological polar surface area (TPSA) is 116 Å². The summed E-state index contributed by atoms with van der Waals surface area (Å²) in [5, 5.41) is 15.1. The lowest BCUT2D eigenvalue weighted by Gasteiger charge is -2.33. The highest BCUT2D eigenvalue weighted by atomic mass is 16.4. The molecule has 0 aromatic heterocycles. The third kappa shape index (κ3) is 3.85. The molecule has 0 amide bonds. The Kier molecular flexibility index (Phi) is 5.75. The lowest BCUT2D eigenvalue weighted by Crippen LogP contribution is -2.41. The largest absolute Gasteiger partial charge is 0.478 e. The predicted molar refractivity (Wildman–Crippen MR) is 116 cm³/mol. The number of nitrogens with zero attached hydrogens (tertiary/aromatic N) is 1. The molecule has 1 unspecified atom stereocenters. The molecule has 160 valence electrons. The molecule has 2 aromatic rings. The van der Waals surface area contributed by atoms with Crippen molar-refractivity contribution in [3.63, 3.8) is 0 Å². The van der Waals surface area contributed by atoms with Crippen molar-refractivity contribution in [2.75, 3.05) is 5.32 Å². The van der Waals surface area contributed by atoms with Crippen LogP contribution in [0.25, 0.3) is 5.70 Å². The average Bonchev–Trinajstić information content (AvgIpc) is 3.21. The first-order valence-electron chi connectivity index (χ1n) is 10.0. The van der Waals surface area contributed by atoms with E-state index in [2.05, 4.69) is 10.6 Å². The fourth-order valence-corrected chi connectivity index (χ4v) is 4.11. The maximum atomic E-state index is 11.8. The number of rotatable bonds is 5. The van der Waals surface area contributed by atoms with Crippen LogP contribution in [0, 0.1) is 0 Å². The summed E-state index contributed by atoms with van der Waals surface area (Å²) in [5.41, 5.74) is 4.43. The number of aromatic carboxylic acids is 1. The zero-order valence-electron chi connectivity index (χ0n) is 17.0. The maximum Gasteiger partial charge on any atom is 0.335 e. The highest BCUT2D eigenvalue weighted by Gasteiger charge is 2.36. The van der Waals surface area contributed by atoms with Gasteiger partial charge in [-0.2, -0.15) is 0 Å². The Morgan fingerprint density at radius 1 is 1.09 bits per heavy atom. The third-order valence-corrected chi connectivity index (χ3v) is 5.72. The molecule has 8 heteroatoms. The molecular formula is C24H19N3O5. The van der Waals surface area contributed by atoms with Crippen molar-refractivity contribution in [3.8, 4) is 0 Å². The number of fused-ring (bicyclic) bond motifs is 1. The fourth-order valence-electron chi connectivity index (χ4n) is 4.11. The lowest BCUT2D eigenvalue weighted by atomic mass is 10.0. The Morgan fingerprint density at radius 2 is 1.88 bits per heavy atom. The molecule has 0 bridgehead atoms. The van der Waals surface area contributed by atoms with Crippen molar-refractivity contribution in [3.05, 3.63) is 76.1 Å². The summed E-state index contributed by atoms with van der Waals surface area (Å²) in [4.78, 5) is 47.1. The van der Waals surface area contributed by atoms with E-state index in [0.29, 0.717) is 37.3 Å². The molecule has 0 saturated carbocycles. The molecule has 3 N–H and O–H groups in total. The van der Waals surface area contributed by atoms with Crippen LogP contribution in [0.2, 0.25) is 0 Å². The van der Waals surface area contributed by atoms with E-state index in [1.54, 1.807) is 35.1 Å². The number of hydrogen-bond acceptors (Lipinski definition) is 7. The highest BCUT2D eigenvalue weighted by Crippen LogP contribution is 2.39. The minimum atomic E-state index is -0.977. The van der Waals surface area contributed by atoms with Gasteiger partial charge in [-0.15, -0.1) is 0 Å². The number of anilines is 1. The van der Waals surface area contributed by atoms with Crippen LogP contribution in [0.4, 0.5) is 5.69 Å². The van der Waals surface area contributed by atoms with Gasteiger partial charge in [0.25, 0.3) is 0 Å². The summed E-state index contributed by atoms with van der Waals surface area (Å²) < 4.78 is 0. The average molecular weight is 429 g/mol. The van der Waals surface area contributed by atoms with Crippen molar-refractivity contribution in [2.24, 2.45) is 0 Å². The molecule has 0 aliphatic carbocycles. The number of piperidine rings is 1. The van der Waals surface area contributed by atoms with Gasteiger partial charge in [-0.05, 0) is 30.2 Å². The Bertz CT molecular complexity index is 1230. The smallest absolute Gasteiger partial charge is 0.335 e. The molecular weight excluding hydrogens is 410 g/mol. The second-order valence-electron chi connectivity index (χ2n) is 7.54. The number of carboxylic acid groups (broad SMARTS) is 1. The number of allylic oxidation sites excluding steroid dienone is 1. The molecule has 0 radical (unpaired) electrons. The summed E-state index contributed by atoms with van der Waals surface area (Å²) in [6.07, 6.45) is 0.885. The van der Waals surface area contributed by atoms with Gasteiger partial charge in [0.15, 0.2) is 5.94 Å². The van der Waals surface area contributed by atoms with Crippen molar-refractivity contribution in [1.29, 1.82) is 0 Å². The van der Waals surface area contributed by atoms with Crippen molar-refractivity contribution >= 4 is 35.2 Å². The van der Waals surface area contributed by atoms with Gasteiger partial charge in [-0.3, -0.25) is 0 Å². The number of carbonyl (C=O) groups is 1. The molecule has 1 atom stereocenters. The SMILES string of the molecule is O=C=C1CCC(N2Cc3c(NCc4ccc(C(=O)O)cc4)cccc3C2=C=O)C(=C=O)N1. The van der Waals surface area contributed by atoms with E-state index in [1.165, 1.54) is 0 Å². The fraction of sp³-hybridized carbons (Fsp3) is 0.208. The van der Waals surface area contributed by atoms with Gasteiger partial charge in [0.1, 0.15) is 29.0 Å². The number of nitrogens with one attached hydrogen (secondary N) is 2. The van der Waals surface area contributed by atoms with Crippen LogP contribution in [-0.4, -0.2) is 39.8 Å². The van der Waals surface area contributed by atoms with Gasteiger partial charge in [-0.1, -0.05) is 24.3 Å². The second-order valence-corrected chi connectivity index (χ2v) is 7.54. The van der Waals surface area contributed by atoms with Crippen LogP contribution in [0.3, 0.4) is 0 Å². The Hall–Kier alpha value is -4.34.